The van der Waals surface area contributed by atoms with E-state index in [0.717, 1.165) is 0 Å². The molecule has 3 N–H and O–H groups in total. The number of aromatic amines is 1. The Morgan fingerprint density at radius 1 is 1.33 bits per heavy atom. The Labute approximate surface area is 114 Å². The molecule has 0 spiro atoms. The van der Waals surface area contributed by atoms with Gasteiger partial charge in [0.2, 0.25) is 0 Å². The van der Waals surface area contributed by atoms with Crippen LogP contribution in [0.15, 0.2) is 32.1 Å². The number of nitrogen functional groups attached to an aromatic ring is 1. The molecule has 1 aromatic carbocycles. The minimum Gasteiger partial charge on any atom is -0.407 e. The van der Waals surface area contributed by atoms with Crippen LogP contribution in [0.2, 0.25) is 0 Å². The predicted molar refractivity (Wildman–Crippen MR) is 69.8 cm³/mol. The van der Waals surface area contributed by atoms with E-state index in [1.165, 1.54) is 18.3 Å². The zero-order valence-electron chi connectivity index (χ0n) is 10.3. The normalized spacial score (nSPS) is 11.5. The average Bonchev–Trinajstić information content (AvgIpc) is 3.03. The van der Waals surface area contributed by atoms with Crippen LogP contribution in [-0.4, -0.2) is 20.1 Å². The fraction of sp³-hybridized carbons (Fsp3) is 0. The van der Waals surface area contributed by atoms with E-state index in [9.17, 15) is 9.18 Å². The van der Waals surface area contributed by atoms with Gasteiger partial charge in [-0.1, -0.05) is 5.16 Å². The molecule has 3 aromatic heterocycles. The highest BCUT2D eigenvalue weighted by atomic mass is 19.1. The molecular weight excluding hydrogens is 281 g/mol. The molecule has 0 saturated carbocycles. The van der Waals surface area contributed by atoms with Crippen LogP contribution in [0.25, 0.3) is 33.6 Å². The van der Waals surface area contributed by atoms with Crippen LogP contribution in [0.1, 0.15) is 0 Å². The van der Waals surface area contributed by atoms with E-state index >= 15 is 0 Å². The highest BCUT2D eigenvalue weighted by Crippen LogP contribution is 2.28. The molecule has 0 unspecified atom stereocenters. The van der Waals surface area contributed by atoms with Gasteiger partial charge < -0.3 is 14.7 Å². The molecular formula is C12H6FN5O3. The van der Waals surface area contributed by atoms with Crippen molar-refractivity contribution in [1.29, 1.82) is 0 Å². The number of hydrogen-bond acceptors (Lipinski definition) is 7. The fourth-order valence-corrected chi connectivity index (χ4v) is 2.08. The van der Waals surface area contributed by atoms with Gasteiger partial charge in [0, 0.05) is 5.56 Å². The molecule has 21 heavy (non-hydrogen) atoms. The van der Waals surface area contributed by atoms with Crippen LogP contribution in [0.3, 0.4) is 0 Å². The lowest BCUT2D eigenvalue weighted by molar-refractivity contribution is 0.452. The third-order valence-electron chi connectivity index (χ3n) is 3.02. The number of anilines is 1. The second-order valence-corrected chi connectivity index (χ2v) is 4.29. The van der Waals surface area contributed by atoms with Crippen LogP contribution in [0.5, 0.6) is 0 Å². The minimum atomic E-state index is -0.755. The molecule has 0 amide bonds. The topological polar surface area (TPSA) is 124 Å². The highest BCUT2D eigenvalue weighted by Gasteiger charge is 2.16. The summed E-state index contributed by atoms with van der Waals surface area (Å²) in [6, 6.07) is 2.63. The van der Waals surface area contributed by atoms with E-state index in [0.29, 0.717) is 16.8 Å². The van der Waals surface area contributed by atoms with E-state index in [1.54, 1.807) is 0 Å². The van der Waals surface area contributed by atoms with Gasteiger partial charge in [-0.15, -0.1) is 0 Å². The molecule has 0 aliphatic rings. The van der Waals surface area contributed by atoms with E-state index in [4.69, 9.17) is 14.7 Å². The number of rotatable bonds is 1. The number of benzene rings is 1. The van der Waals surface area contributed by atoms with Gasteiger partial charge in [-0.2, -0.15) is 0 Å². The summed E-state index contributed by atoms with van der Waals surface area (Å²) in [7, 11) is 0. The molecule has 104 valence electrons. The zero-order valence-corrected chi connectivity index (χ0v) is 10.3. The molecule has 0 bridgehead atoms. The van der Waals surface area contributed by atoms with E-state index in [1.807, 2.05) is 0 Å². The van der Waals surface area contributed by atoms with Crippen molar-refractivity contribution in [1.82, 2.24) is 20.1 Å². The van der Waals surface area contributed by atoms with Crippen molar-refractivity contribution in [2.24, 2.45) is 0 Å². The Bertz CT molecular complexity index is 1050. The average molecular weight is 287 g/mol. The number of hydrogen-bond donors (Lipinski definition) is 2. The molecule has 4 aromatic rings. The Balaban J connectivity index is 2.03. The van der Waals surface area contributed by atoms with Crippen molar-refractivity contribution in [3.63, 3.8) is 0 Å². The van der Waals surface area contributed by atoms with Crippen molar-refractivity contribution < 1.29 is 13.3 Å². The van der Waals surface area contributed by atoms with E-state index in [2.05, 4.69) is 20.1 Å². The number of nitrogens with zero attached hydrogens (tertiary/aromatic N) is 3. The first-order valence-electron chi connectivity index (χ1n) is 5.83. The maximum Gasteiger partial charge on any atom is 0.417 e. The number of nitrogens with one attached hydrogen (secondary N) is 1. The zero-order chi connectivity index (χ0) is 14.6. The van der Waals surface area contributed by atoms with Gasteiger partial charge in [-0.3, -0.25) is 4.98 Å². The largest absolute Gasteiger partial charge is 0.417 e. The lowest BCUT2D eigenvalue weighted by atomic mass is 10.1. The number of oxazole rings is 1. The fourth-order valence-electron chi connectivity index (χ4n) is 2.08. The summed E-state index contributed by atoms with van der Waals surface area (Å²) < 4.78 is 23.5. The van der Waals surface area contributed by atoms with Crippen molar-refractivity contribution in [3.8, 4) is 11.3 Å². The van der Waals surface area contributed by atoms with Crippen molar-refractivity contribution >= 4 is 28.1 Å². The summed E-state index contributed by atoms with van der Waals surface area (Å²) in [5.41, 5.74) is 6.78. The number of nitrogens with two attached hydrogens (primary N) is 1. The molecule has 0 saturated heterocycles. The molecule has 3 heterocycles. The van der Waals surface area contributed by atoms with Crippen LogP contribution in [-0.2, 0) is 0 Å². The first-order chi connectivity index (χ1) is 10.1. The molecule has 4 rings (SSSR count). The second-order valence-electron chi connectivity index (χ2n) is 4.29. The first kappa shape index (κ1) is 11.6. The van der Waals surface area contributed by atoms with Gasteiger partial charge in [0.05, 0.1) is 11.9 Å². The summed E-state index contributed by atoms with van der Waals surface area (Å²) in [6.45, 7) is 0. The number of fused-ring (bicyclic) bond motifs is 2. The molecule has 9 heteroatoms. The highest BCUT2D eigenvalue weighted by molar-refractivity contribution is 5.90. The Morgan fingerprint density at radius 3 is 3.05 bits per heavy atom. The Kier molecular flexibility index (Phi) is 2.14. The minimum absolute atomic E-state index is 0.0310. The molecule has 0 aliphatic heterocycles. The Morgan fingerprint density at radius 2 is 2.19 bits per heavy atom. The van der Waals surface area contributed by atoms with Gasteiger partial charge in [0.25, 0.3) is 5.71 Å². The summed E-state index contributed by atoms with van der Waals surface area (Å²) in [4.78, 5) is 21.8. The lowest BCUT2D eigenvalue weighted by Gasteiger charge is -2.00. The maximum atomic E-state index is 13.6. The smallest absolute Gasteiger partial charge is 0.407 e. The van der Waals surface area contributed by atoms with Crippen LogP contribution < -0.4 is 11.5 Å². The van der Waals surface area contributed by atoms with Crippen LogP contribution >= 0.6 is 0 Å². The maximum absolute atomic E-state index is 13.6. The van der Waals surface area contributed by atoms with Crippen LogP contribution in [0, 0.1) is 5.82 Å². The summed E-state index contributed by atoms with van der Waals surface area (Å²) >= 11 is 0. The Hall–Kier alpha value is -3.23. The molecule has 0 radical (unpaired) electrons. The van der Waals surface area contributed by atoms with Gasteiger partial charge in [-0.25, -0.2) is 19.2 Å². The monoisotopic (exact) mass is 287 g/mol. The van der Waals surface area contributed by atoms with Gasteiger partial charge in [-0.05, 0) is 12.1 Å². The lowest BCUT2D eigenvalue weighted by Crippen LogP contribution is -1.93. The predicted octanol–water partition coefficient (Wildman–Crippen LogP) is 1.44. The van der Waals surface area contributed by atoms with E-state index < -0.39 is 11.6 Å². The summed E-state index contributed by atoms with van der Waals surface area (Å²) in [5.74, 6) is -1.23. The number of aromatic nitrogens is 4. The van der Waals surface area contributed by atoms with E-state index in [-0.39, 0.29) is 22.6 Å². The SMILES string of the molecule is Nc1noc2nc(-c3ccc(F)c4[nH]c(=O)oc34)cnc12. The molecule has 0 atom stereocenters. The summed E-state index contributed by atoms with van der Waals surface area (Å²) in [5, 5.41) is 3.55. The molecule has 8 nitrogen and oxygen atoms in total. The van der Waals surface area contributed by atoms with Crippen molar-refractivity contribution in [3.05, 3.63) is 34.7 Å². The quantitative estimate of drug-likeness (QED) is 0.542. The van der Waals surface area contributed by atoms with Crippen LogP contribution in [0.4, 0.5) is 10.2 Å². The third-order valence-corrected chi connectivity index (χ3v) is 3.02. The second kappa shape index (κ2) is 3.88. The van der Waals surface area contributed by atoms with Gasteiger partial charge in [0.1, 0.15) is 5.52 Å². The summed E-state index contributed by atoms with van der Waals surface area (Å²) in [6.07, 6.45) is 1.41. The van der Waals surface area contributed by atoms with Crippen molar-refractivity contribution in [2.45, 2.75) is 0 Å². The molecule has 0 fully saturated rings. The third kappa shape index (κ3) is 1.60. The number of H-pyrrole nitrogens is 1. The first-order valence-corrected chi connectivity index (χ1v) is 5.83. The number of halogens is 1. The van der Waals surface area contributed by atoms with Crippen molar-refractivity contribution in [2.75, 3.05) is 5.73 Å². The van der Waals surface area contributed by atoms with Gasteiger partial charge in [0.15, 0.2) is 22.7 Å². The standard InChI is InChI=1S/C12H6FN5O3/c13-5-2-1-4(9-7(5)17-12(19)20-9)6-3-15-8-10(14)18-21-11(8)16-6/h1-3H,(H2,14,18)(H,17,19). The van der Waals surface area contributed by atoms with Gasteiger partial charge >= 0.3 is 5.76 Å². The molecule has 0 aliphatic carbocycles.